The molecule has 0 aromatic heterocycles. The average molecular weight is 992 g/mol. The summed E-state index contributed by atoms with van der Waals surface area (Å²) in [6.45, 7) is 6.58. The lowest BCUT2D eigenvalue weighted by atomic mass is 10.0. The van der Waals surface area contributed by atoms with Gasteiger partial charge in [-0.3, -0.25) is 14.4 Å². The molecule has 1 atom stereocenters. The first kappa shape index (κ1) is 67.8. The molecule has 0 bridgehead atoms. The zero-order valence-electron chi connectivity index (χ0n) is 47.0. The number of esters is 3. The van der Waals surface area contributed by atoms with Gasteiger partial charge in [0.2, 0.25) is 0 Å². The Hall–Kier alpha value is -3.15. The molecule has 0 saturated carbocycles. The molecule has 6 heteroatoms. The molecule has 0 spiro atoms. The lowest BCUT2D eigenvalue weighted by molar-refractivity contribution is -0.167. The van der Waals surface area contributed by atoms with E-state index in [2.05, 4.69) is 93.7 Å². The summed E-state index contributed by atoms with van der Waals surface area (Å²) < 4.78 is 16.9. The maximum absolute atomic E-state index is 12.9. The van der Waals surface area contributed by atoms with Gasteiger partial charge in [0.15, 0.2) is 6.10 Å². The molecule has 0 aromatic rings. The van der Waals surface area contributed by atoms with E-state index in [1.54, 1.807) is 0 Å². The van der Waals surface area contributed by atoms with Crippen LogP contribution in [0.5, 0.6) is 0 Å². The fourth-order valence-electron chi connectivity index (χ4n) is 8.53. The number of rotatable bonds is 55. The summed E-state index contributed by atoms with van der Waals surface area (Å²) in [7, 11) is 0. The molecule has 0 heterocycles. The number of ether oxygens (including phenoxy) is 3. The maximum Gasteiger partial charge on any atom is 0.306 e. The monoisotopic (exact) mass is 991 g/mol. The third-order valence-electron chi connectivity index (χ3n) is 13.2. The highest BCUT2D eigenvalue weighted by atomic mass is 16.6. The number of unbranched alkanes of at least 4 members (excludes halogenated alkanes) is 32. The largest absolute Gasteiger partial charge is 0.462 e. The van der Waals surface area contributed by atoms with Crippen molar-refractivity contribution < 1.29 is 28.6 Å². The van der Waals surface area contributed by atoms with Crippen LogP contribution >= 0.6 is 0 Å². The van der Waals surface area contributed by atoms with Crippen molar-refractivity contribution in [2.24, 2.45) is 0 Å². The highest BCUT2D eigenvalue weighted by molar-refractivity contribution is 5.71. The van der Waals surface area contributed by atoms with Gasteiger partial charge in [-0.05, 0) is 116 Å². The molecule has 410 valence electrons. The van der Waals surface area contributed by atoms with E-state index in [9.17, 15) is 14.4 Å². The molecule has 0 radical (unpaired) electrons. The van der Waals surface area contributed by atoms with Gasteiger partial charge in [-0.25, -0.2) is 0 Å². The summed E-state index contributed by atoms with van der Waals surface area (Å²) in [4.78, 5) is 38.2. The molecule has 0 amide bonds. The molecule has 0 fully saturated rings. The van der Waals surface area contributed by atoms with Gasteiger partial charge in [0.05, 0.1) is 0 Å². The number of carbonyl (C=O) groups excluding carboxylic acids is 3. The van der Waals surface area contributed by atoms with E-state index in [1.165, 1.54) is 161 Å². The van der Waals surface area contributed by atoms with Gasteiger partial charge in [0.1, 0.15) is 13.2 Å². The summed E-state index contributed by atoms with van der Waals surface area (Å²) >= 11 is 0. The van der Waals surface area contributed by atoms with Crippen LogP contribution in [0.15, 0.2) is 72.9 Å². The highest BCUT2D eigenvalue weighted by Gasteiger charge is 2.19. The Morgan fingerprint density at radius 2 is 0.507 bits per heavy atom. The van der Waals surface area contributed by atoms with Gasteiger partial charge in [-0.15, -0.1) is 0 Å². The van der Waals surface area contributed by atoms with Crippen LogP contribution < -0.4 is 0 Å². The first-order chi connectivity index (χ1) is 35.0. The molecule has 0 aliphatic heterocycles. The van der Waals surface area contributed by atoms with Crippen molar-refractivity contribution in [1.82, 2.24) is 0 Å². The predicted octanol–water partition coefficient (Wildman–Crippen LogP) is 20.5. The van der Waals surface area contributed by atoms with Gasteiger partial charge in [-0.1, -0.05) is 241 Å². The lowest BCUT2D eigenvalue weighted by Crippen LogP contribution is -2.30. The van der Waals surface area contributed by atoms with E-state index in [0.717, 1.165) is 103 Å². The van der Waals surface area contributed by atoms with E-state index in [-0.39, 0.29) is 31.1 Å². The number of hydrogen-bond acceptors (Lipinski definition) is 6. The summed E-state index contributed by atoms with van der Waals surface area (Å²) in [5, 5.41) is 0. The topological polar surface area (TPSA) is 78.9 Å². The third-order valence-corrected chi connectivity index (χ3v) is 13.2. The molecule has 0 saturated heterocycles. The summed E-state index contributed by atoms with van der Waals surface area (Å²) in [5.74, 6) is -0.915. The molecular weight excluding hydrogens is 877 g/mol. The van der Waals surface area contributed by atoms with Crippen LogP contribution in [-0.2, 0) is 28.6 Å². The van der Waals surface area contributed by atoms with Crippen molar-refractivity contribution in [3.8, 4) is 0 Å². The molecule has 71 heavy (non-hydrogen) atoms. The van der Waals surface area contributed by atoms with Gasteiger partial charge < -0.3 is 14.2 Å². The quantitative estimate of drug-likeness (QED) is 0.0261. The summed E-state index contributed by atoms with van der Waals surface area (Å²) in [5.41, 5.74) is 0. The molecule has 6 nitrogen and oxygen atoms in total. The van der Waals surface area contributed by atoms with Crippen molar-refractivity contribution >= 4 is 17.9 Å². The molecule has 0 aliphatic carbocycles. The van der Waals surface area contributed by atoms with E-state index in [0.29, 0.717) is 19.3 Å². The van der Waals surface area contributed by atoms with E-state index >= 15 is 0 Å². The van der Waals surface area contributed by atoms with Crippen molar-refractivity contribution in [1.29, 1.82) is 0 Å². The summed E-state index contributed by atoms with van der Waals surface area (Å²) in [6.07, 6.45) is 76.1. The average Bonchev–Trinajstić information content (AvgIpc) is 3.37. The molecule has 0 aliphatic rings. The summed E-state index contributed by atoms with van der Waals surface area (Å²) in [6, 6.07) is 0. The minimum atomic E-state index is -0.794. The number of hydrogen-bond donors (Lipinski definition) is 0. The standard InChI is InChI=1S/C65H114O6/c1-4-7-10-13-16-19-22-25-28-30-31-32-33-35-37-40-43-46-49-52-55-58-64(67)70-61-62(60-69-63(66)57-54-51-48-45-42-39-36-27-24-21-18-15-12-9-6-3)71-65(68)59-56-53-50-47-44-41-38-34-29-26-23-20-17-14-11-8-5-2/h17-18,20-21,25-29,36,38,41,62H,4-16,19,22-24,30-35,37,39-40,42-61H2,1-3H3/b20-17-,21-18-,28-25-,29-26-,36-27-,41-38-/t62-/m1/s1. The first-order valence-electron chi connectivity index (χ1n) is 30.4. The molecule has 0 N–H and O–H groups in total. The number of allylic oxidation sites excluding steroid dienone is 12. The lowest BCUT2D eigenvalue weighted by Gasteiger charge is -2.18. The van der Waals surface area contributed by atoms with E-state index in [4.69, 9.17) is 14.2 Å². The second-order valence-corrected chi connectivity index (χ2v) is 20.2. The Kier molecular flexibility index (Phi) is 56.8. The first-order valence-corrected chi connectivity index (χ1v) is 30.4. The Labute approximate surface area is 440 Å². The van der Waals surface area contributed by atoms with Crippen LogP contribution in [0.2, 0.25) is 0 Å². The van der Waals surface area contributed by atoms with Crippen LogP contribution in [0.4, 0.5) is 0 Å². The van der Waals surface area contributed by atoms with Crippen LogP contribution in [0.3, 0.4) is 0 Å². The van der Waals surface area contributed by atoms with Crippen LogP contribution in [0.25, 0.3) is 0 Å². The predicted molar refractivity (Wildman–Crippen MR) is 307 cm³/mol. The van der Waals surface area contributed by atoms with Gasteiger partial charge in [-0.2, -0.15) is 0 Å². The minimum Gasteiger partial charge on any atom is -0.462 e. The fraction of sp³-hybridized carbons (Fsp3) is 0.769. The Morgan fingerprint density at radius 1 is 0.282 bits per heavy atom. The van der Waals surface area contributed by atoms with Crippen molar-refractivity contribution in [2.45, 2.75) is 309 Å². The van der Waals surface area contributed by atoms with Crippen LogP contribution in [0, 0.1) is 0 Å². The zero-order valence-corrected chi connectivity index (χ0v) is 47.0. The van der Waals surface area contributed by atoms with Crippen molar-refractivity contribution in [2.75, 3.05) is 13.2 Å². The molecular formula is C65H114O6. The van der Waals surface area contributed by atoms with Crippen LogP contribution in [0.1, 0.15) is 303 Å². The van der Waals surface area contributed by atoms with Crippen LogP contribution in [-0.4, -0.2) is 37.2 Å². The Balaban J connectivity index is 4.40. The van der Waals surface area contributed by atoms with Crippen molar-refractivity contribution in [3.63, 3.8) is 0 Å². The van der Waals surface area contributed by atoms with E-state index in [1.807, 2.05) is 0 Å². The molecule has 0 unspecified atom stereocenters. The second-order valence-electron chi connectivity index (χ2n) is 20.2. The highest BCUT2D eigenvalue weighted by Crippen LogP contribution is 2.15. The SMILES string of the molecule is CCCCC/C=C\C/C=C\C/C=C\CCCCCCC(=O)O[C@H](COC(=O)CCCCCCC/C=C\C/C=C\CCCCC)COC(=O)CCCCCCCCCCCCC/C=C\CCCCCCCC. The fourth-order valence-corrected chi connectivity index (χ4v) is 8.53. The van der Waals surface area contributed by atoms with Gasteiger partial charge in [0.25, 0.3) is 0 Å². The molecule has 0 aromatic carbocycles. The number of carbonyl (C=O) groups is 3. The normalized spacial score (nSPS) is 12.5. The van der Waals surface area contributed by atoms with Crippen molar-refractivity contribution in [3.05, 3.63) is 72.9 Å². The third kappa shape index (κ3) is 57.6. The molecule has 0 rings (SSSR count). The Bertz CT molecular complexity index is 1320. The smallest absolute Gasteiger partial charge is 0.306 e. The minimum absolute atomic E-state index is 0.0885. The second kappa shape index (κ2) is 59.4. The van der Waals surface area contributed by atoms with Gasteiger partial charge in [0, 0.05) is 19.3 Å². The zero-order chi connectivity index (χ0) is 51.4. The van der Waals surface area contributed by atoms with E-state index < -0.39 is 6.10 Å². The van der Waals surface area contributed by atoms with Gasteiger partial charge >= 0.3 is 17.9 Å². The Morgan fingerprint density at radius 3 is 0.831 bits per heavy atom. The maximum atomic E-state index is 12.9.